The van der Waals surface area contributed by atoms with Crippen molar-refractivity contribution in [3.8, 4) is 0 Å². The summed E-state index contributed by atoms with van der Waals surface area (Å²) in [7, 11) is 0. The number of nitrogens with two attached hydrogens (primary N) is 1. The van der Waals surface area contributed by atoms with Gasteiger partial charge in [0, 0.05) is 6.42 Å². The predicted molar refractivity (Wildman–Crippen MR) is 51.8 cm³/mol. The minimum absolute atomic E-state index is 0.237. The first-order valence-electron chi connectivity index (χ1n) is 3.96. The second kappa shape index (κ2) is 4.31. The Morgan fingerprint density at radius 2 is 2.00 bits per heavy atom. The zero-order valence-electron chi connectivity index (χ0n) is 7.24. The van der Waals surface area contributed by atoms with Crippen LogP contribution in [0.4, 0.5) is 13.2 Å². The number of alkyl halides is 2. The molecule has 0 saturated heterocycles. The molecule has 78 valence electrons. The Bertz CT molecular complexity index is 328. The van der Waals surface area contributed by atoms with Crippen LogP contribution in [0, 0.1) is 5.82 Å². The lowest BCUT2D eigenvalue weighted by molar-refractivity contribution is 0.0114. The van der Waals surface area contributed by atoms with E-state index >= 15 is 0 Å². The molecule has 5 heteroatoms. The summed E-state index contributed by atoms with van der Waals surface area (Å²) in [5.74, 6) is -3.52. The van der Waals surface area contributed by atoms with Crippen LogP contribution in [0.3, 0.4) is 0 Å². The van der Waals surface area contributed by atoms with Crippen molar-refractivity contribution in [1.82, 2.24) is 0 Å². The molecule has 14 heavy (non-hydrogen) atoms. The fourth-order valence-electron chi connectivity index (χ4n) is 1.02. The van der Waals surface area contributed by atoms with Crippen LogP contribution < -0.4 is 5.73 Å². The van der Waals surface area contributed by atoms with E-state index in [0.29, 0.717) is 0 Å². The van der Waals surface area contributed by atoms with Crippen molar-refractivity contribution < 1.29 is 13.2 Å². The molecule has 0 spiro atoms. The lowest BCUT2D eigenvalue weighted by atomic mass is 10.1. The third kappa shape index (κ3) is 2.99. The van der Waals surface area contributed by atoms with Crippen molar-refractivity contribution in [3.05, 3.63) is 34.1 Å². The van der Waals surface area contributed by atoms with E-state index in [1.165, 1.54) is 12.1 Å². The highest BCUT2D eigenvalue weighted by molar-refractivity contribution is 9.10. The third-order valence-electron chi connectivity index (χ3n) is 1.75. The highest BCUT2D eigenvalue weighted by atomic mass is 79.9. The van der Waals surface area contributed by atoms with Gasteiger partial charge in [-0.25, -0.2) is 13.2 Å². The summed E-state index contributed by atoms with van der Waals surface area (Å²) in [4.78, 5) is 0. The quantitative estimate of drug-likeness (QED) is 0.896. The fourth-order valence-corrected chi connectivity index (χ4v) is 1.27. The minimum atomic E-state index is -2.97. The molecule has 0 bridgehead atoms. The zero-order chi connectivity index (χ0) is 10.8. The van der Waals surface area contributed by atoms with Gasteiger partial charge in [0.1, 0.15) is 5.82 Å². The van der Waals surface area contributed by atoms with Crippen molar-refractivity contribution in [2.24, 2.45) is 5.73 Å². The summed E-state index contributed by atoms with van der Waals surface area (Å²) in [5.41, 5.74) is 5.11. The molecule has 0 aliphatic carbocycles. The maximum atomic E-state index is 12.9. The van der Waals surface area contributed by atoms with Crippen LogP contribution in [0.1, 0.15) is 5.56 Å². The van der Waals surface area contributed by atoms with Gasteiger partial charge in [-0.3, -0.25) is 0 Å². The number of benzene rings is 1. The van der Waals surface area contributed by atoms with E-state index in [1.54, 1.807) is 0 Å². The Morgan fingerprint density at radius 3 is 2.50 bits per heavy atom. The van der Waals surface area contributed by atoms with Crippen molar-refractivity contribution in [3.63, 3.8) is 0 Å². The molecule has 0 atom stereocenters. The summed E-state index contributed by atoms with van der Waals surface area (Å²) in [5, 5.41) is 0. The average Bonchev–Trinajstić information content (AvgIpc) is 2.11. The summed E-state index contributed by atoms with van der Waals surface area (Å²) in [6, 6.07) is 3.92. The normalized spacial score (nSPS) is 11.8. The molecular formula is C9H9BrF3N. The molecule has 0 unspecified atom stereocenters. The van der Waals surface area contributed by atoms with E-state index in [-0.39, 0.29) is 10.0 Å². The molecular weight excluding hydrogens is 259 g/mol. The number of halogens is 4. The van der Waals surface area contributed by atoms with Gasteiger partial charge in [0.25, 0.3) is 5.92 Å². The standard InChI is InChI=1S/C9H9BrF3N/c10-7-2-1-6(3-8(7)11)4-9(12,13)5-14/h1-3H,4-5,14H2. The summed E-state index contributed by atoms with van der Waals surface area (Å²) in [6.45, 7) is -0.731. The minimum Gasteiger partial charge on any atom is -0.325 e. The summed E-state index contributed by atoms with van der Waals surface area (Å²) < 4.78 is 38.8. The smallest absolute Gasteiger partial charge is 0.264 e. The first-order chi connectivity index (χ1) is 6.44. The Hall–Kier alpha value is -0.550. The van der Waals surface area contributed by atoms with Gasteiger partial charge >= 0.3 is 0 Å². The van der Waals surface area contributed by atoms with Gasteiger partial charge in [-0.15, -0.1) is 0 Å². The van der Waals surface area contributed by atoms with Gasteiger partial charge in [-0.2, -0.15) is 0 Å². The van der Waals surface area contributed by atoms with Crippen LogP contribution in [0.25, 0.3) is 0 Å². The molecule has 1 aromatic carbocycles. The second-order valence-electron chi connectivity index (χ2n) is 2.99. The van der Waals surface area contributed by atoms with E-state index in [1.807, 2.05) is 0 Å². The first-order valence-corrected chi connectivity index (χ1v) is 4.76. The largest absolute Gasteiger partial charge is 0.325 e. The van der Waals surface area contributed by atoms with Crippen LogP contribution in [-0.4, -0.2) is 12.5 Å². The Labute approximate surface area is 88.2 Å². The van der Waals surface area contributed by atoms with Gasteiger partial charge in [-0.05, 0) is 33.6 Å². The number of hydrogen-bond acceptors (Lipinski definition) is 1. The van der Waals surface area contributed by atoms with Crippen LogP contribution in [0.15, 0.2) is 22.7 Å². The van der Waals surface area contributed by atoms with Gasteiger partial charge in [-0.1, -0.05) is 6.07 Å². The SMILES string of the molecule is NCC(F)(F)Cc1ccc(Br)c(F)c1. The van der Waals surface area contributed by atoms with E-state index in [9.17, 15) is 13.2 Å². The van der Waals surface area contributed by atoms with Crippen molar-refractivity contribution in [2.75, 3.05) is 6.54 Å². The predicted octanol–water partition coefficient (Wildman–Crippen LogP) is 2.72. The molecule has 0 aliphatic rings. The molecule has 1 rings (SSSR count). The molecule has 0 saturated carbocycles. The monoisotopic (exact) mass is 267 g/mol. The first kappa shape index (κ1) is 11.5. The maximum absolute atomic E-state index is 12.9. The van der Waals surface area contributed by atoms with Crippen molar-refractivity contribution >= 4 is 15.9 Å². The molecule has 0 amide bonds. The van der Waals surface area contributed by atoms with E-state index in [4.69, 9.17) is 5.73 Å². The third-order valence-corrected chi connectivity index (χ3v) is 2.39. The Balaban J connectivity index is 2.83. The number of hydrogen-bond donors (Lipinski definition) is 1. The molecule has 0 fully saturated rings. The summed E-state index contributed by atoms with van der Waals surface area (Å²) >= 11 is 2.94. The topological polar surface area (TPSA) is 26.0 Å². The molecule has 0 radical (unpaired) electrons. The van der Waals surface area contributed by atoms with E-state index < -0.39 is 24.7 Å². The number of rotatable bonds is 3. The Morgan fingerprint density at radius 1 is 1.36 bits per heavy atom. The van der Waals surface area contributed by atoms with Crippen LogP contribution in [0.5, 0.6) is 0 Å². The molecule has 0 aromatic heterocycles. The van der Waals surface area contributed by atoms with E-state index in [2.05, 4.69) is 15.9 Å². The van der Waals surface area contributed by atoms with Crippen LogP contribution >= 0.6 is 15.9 Å². The van der Waals surface area contributed by atoms with Gasteiger partial charge in [0.15, 0.2) is 0 Å². The molecule has 2 N–H and O–H groups in total. The van der Waals surface area contributed by atoms with Gasteiger partial charge < -0.3 is 5.73 Å². The van der Waals surface area contributed by atoms with Crippen molar-refractivity contribution in [2.45, 2.75) is 12.3 Å². The van der Waals surface area contributed by atoms with Crippen LogP contribution in [-0.2, 0) is 6.42 Å². The van der Waals surface area contributed by atoms with Gasteiger partial charge in [0.2, 0.25) is 0 Å². The Kier molecular flexibility index (Phi) is 3.55. The fraction of sp³-hybridized carbons (Fsp3) is 0.333. The molecule has 1 aromatic rings. The lowest BCUT2D eigenvalue weighted by Crippen LogP contribution is -2.30. The van der Waals surface area contributed by atoms with Crippen LogP contribution in [0.2, 0.25) is 0 Å². The lowest BCUT2D eigenvalue weighted by Gasteiger charge is -2.13. The molecule has 0 aliphatic heterocycles. The second-order valence-corrected chi connectivity index (χ2v) is 3.84. The highest BCUT2D eigenvalue weighted by Crippen LogP contribution is 2.22. The molecule has 0 heterocycles. The highest BCUT2D eigenvalue weighted by Gasteiger charge is 2.27. The zero-order valence-corrected chi connectivity index (χ0v) is 8.82. The average molecular weight is 268 g/mol. The van der Waals surface area contributed by atoms with Crippen molar-refractivity contribution in [1.29, 1.82) is 0 Å². The van der Waals surface area contributed by atoms with Gasteiger partial charge in [0.05, 0.1) is 11.0 Å². The van der Waals surface area contributed by atoms with E-state index in [0.717, 1.165) is 6.07 Å². The molecule has 1 nitrogen and oxygen atoms in total. The maximum Gasteiger partial charge on any atom is 0.264 e. The summed E-state index contributed by atoms with van der Waals surface area (Å²) in [6.07, 6.45) is -0.534.